The predicted octanol–water partition coefficient (Wildman–Crippen LogP) is 2.09. The molecule has 70 valence electrons. The summed E-state index contributed by atoms with van der Waals surface area (Å²) >= 11 is 0. The van der Waals surface area contributed by atoms with Crippen LogP contribution in [0.5, 0.6) is 0 Å². The molecule has 1 aliphatic carbocycles. The van der Waals surface area contributed by atoms with Crippen LogP contribution in [0.2, 0.25) is 0 Å². The first-order chi connectivity index (χ1) is 5.83. The highest BCUT2D eigenvalue weighted by atomic mass is 16.1. The van der Waals surface area contributed by atoms with E-state index >= 15 is 0 Å². The highest BCUT2D eigenvalue weighted by Gasteiger charge is 2.14. The van der Waals surface area contributed by atoms with Crippen molar-refractivity contribution in [3.63, 3.8) is 0 Å². The van der Waals surface area contributed by atoms with Crippen LogP contribution in [0.15, 0.2) is 0 Å². The molecule has 0 bridgehead atoms. The summed E-state index contributed by atoms with van der Waals surface area (Å²) in [4.78, 5) is 10.9. The topological polar surface area (TPSA) is 29.1 Å². The monoisotopic (exact) mass is 169 g/mol. The van der Waals surface area contributed by atoms with Gasteiger partial charge < -0.3 is 5.32 Å². The molecule has 1 saturated carbocycles. The standard InChI is InChI=1S/C10H19NO/c1-2-10(12)11-8-7-9-5-3-4-6-9/h9H,2-8H2,1H3,(H,11,12). The zero-order valence-electron chi connectivity index (χ0n) is 7.94. The molecule has 0 aromatic heterocycles. The van der Waals surface area contributed by atoms with E-state index in [4.69, 9.17) is 0 Å². The largest absolute Gasteiger partial charge is 0.356 e. The Balaban J connectivity index is 1.97. The summed E-state index contributed by atoms with van der Waals surface area (Å²) in [6.45, 7) is 2.78. The number of hydrogen-bond acceptors (Lipinski definition) is 1. The van der Waals surface area contributed by atoms with Crippen LogP contribution in [0.1, 0.15) is 45.4 Å². The minimum Gasteiger partial charge on any atom is -0.356 e. The van der Waals surface area contributed by atoms with E-state index in [-0.39, 0.29) is 5.91 Å². The number of carbonyl (C=O) groups excluding carboxylic acids is 1. The van der Waals surface area contributed by atoms with Crippen molar-refractivity contribution in [2.24, 2.45) is 5.92 Å². The van der Waals surface area contributed by atoms with Crippen molar-refractivity contribution in [3.05, 3.63) is 0 Å². The van der Waals surface area contributed by atoms with E-state index in [0.29, 0.717) is 6.42 Å². The van der Waals surface area contributed by atoms with E-state index in [1.807, 2.05) is 6.92 Å². The lowest BCUT2D eigenvalue weighted by atomic mass is 10.0. The second-order valence-corrected chi connectivity index (χ2v) is 3.64. The van der Waals surface area contributed by atoms with Gasteiger partial charge in [0.05, 0.1) is 0 Å². The van der Waals surface area contributed by atoms with Gasteiger partial charge in [-0.05, 0) is 12.3 Å². The molecule has 1 N–H and O–H groups in total. The van der Waals surface area contributed by atoms with E-state index in [0.717, 1.165) is 12.5 Å². The number of carbonyl (C=O) groups is 1. The van der Waals surface area contributed by atoms with E-state index in [2.05, 4.69) is 5.32 Å². The molecule has 2 nitrogen and oxygen atoms in total. The van der Waals surface area contributed by atoms with Crippen LogP contribution >= 0.6 is 0 Å². The molecule has 1 rings (SSSR count). The molecule has 0 aromatic rings. The molecule has 12 heavy (non-hydrogen) atoms. The van der Waals surface area contributed by atoms with Gasteiger partial charge in [0, 0.05) is 13.0 Å². The van der Waals surface area contributed by atoms with Crippen LogP contribution in [0.4, 0.5) is 0 Å². The van der Waals surface area contributed by atoms with Crippen LogP contribution in [0, 0.1) is 5.92 Å². The summed E-state index contributed by atoms with van der Waals surface area (Å²) in [5.41, 5.74) is 0. The molecule has 0 radical (unpaired) electrons. The number of amides is 1. The van der Waals surface area contributed by atoms with Gasteiger partial charge in [-0.2, -0.15) is 0 Å². The third-order valence-corrected chi connectivity index (χ3v) is 2.67. The maximum Gasteiger partial charge on any atom is 0.219 e. The van der Waals surface area contributed by atoms with E-state index in [9.17, 15) is 4.79 Å². The fourth-order valence-electron chi connectivity index (χ4n) is 1.84. The predicted molar refractivity (Wildman–Crippen MR) is 49.9 cm³/mol. The molecule has 0 atom stereocenters. The Bertz CT molecular complexity index is 139. The van der Waals surface area contributed by atoms with Gasteiger partial charge >= 0.3 is 0 Å². The maximum absolute atomic E-state index is 10.9. The molecule has 1 amide bonds. The second-order valence-electron chi connectivity index (χ2n) is 3.64. The van der Waals surface area contributed by atoms with Crippen molar-refractivity contribution < 1.29 is 4.79 Å². The lowest BCUT2D eigenvalue weighted by molar-refractivity contribution is -0.120. The normalized spacial score (nSPS) is 18.1. The summed E-state index contributed by atoms with van der Waals surface area (Å²) in [5, 5.41) is 2.92. The van der Waals surface area contributed by atoms with Gasteiger partial charge in [0.1, 0.15) is 0 Å². The van der Waals surface area contributed by atoms with Gasteiger partial charge in [0.2, 0.25) is 5.91 Å². The Morgan fingerprint density at radius 2 is 2.08 bits per heavy atom. The summed E-state index contributed by atoms with van der Waals surface area (Å²) in [6, 6.07) is 0. The molecule has 0 aromatic carbocycles. The van der Waals surface area contributed by atoms with Crippen molar-refractivity contribution in [2.75, 3.05) is 6.54 Å². The Hall–Kier alpha value is -0.530. The maximum atomic E-state index is 10.9. The molecular formula is C10H19NO. The van der Waals surface area contributed by atoms with Crippen LogP contribution in [-0.2, 0) is 4.79 Å². The van der Waals surface area contributed by atoms with E-state index < -0.39 is 0 Å². The zero-order chi connectivity index (χ0) is 8.81. The van der Waals surface area contributed by atoms with Crippen molar-refractivity contribution in [3.8, 4) is 0 Å². The van der Waals surface area contributed by atoms with Crippen molar-refractivity contribution >= 4 is 5.91 Å². The number of rotatable bonds is 4. The number of nitrogens with one attached hydrogen (secondary N) is 1. The van der Waals surface area contributed by atoms with E-state index in [1.165, 1.54) is 32.1 Å². The first kappa shape index (κ1) is 9.56. The third-order valence-electron chi connectivity index (χ3n) is 2.67. The number of hydrogen-bond donors (Lipinski definition) is 1. The average Bonchev–Trinajstić information content (AvgIpc) is 2.57. The van der Waals surface area contributed by atoms with Crippen LogP contribution < -0.4 is 5.32 Å². The molecule has 0 saturated heterocycles. The van der Waals surface area contributed by atoms with Gasteiger partial charge in [-0.1, -0.05) is 32.6 Å². The van der Waals surface area contributed by atoms with Crippen molar-refractivity contribution in [1.29, 1.82) is 0 Å². The third kappa shape index (κ3) is 3.24. The average molecular weight is 169 g/mol. The summed E-state index contributed by atoms with van der Waals surface area (Å²) in [5.74, 6) is 1.08. The van der Waals surface area contributed by atoms with Crippen molar-refractivity contribution in [2.45, 2.75) is 45.4 Å². The van der Waals surface area contributed by atoms with Gasteiger partial charge in [-0.3, -0.25) is 4.79 Å². The summed E-state index contributed by atoms with van der Waals surface area (Å²) < 4.78 is 0. The lowest BCUT2D eigenvalue weighted by Crippen LogP contribution is -2.24. The SMILES string of the molecule is CCC(=O)NCCC1CCCC1. The van der Waals surface area contributed by atoms with Gasteiger partial charge in [-0.15, -0.1) is 0 Å². The van der Waals surface area contributed by atoms with E-state index in [1.54, 1.807) is 0 Å². The quantitative estimate of drug-likeness (QED) is 0.686. The second kappa shape index (κ2) is 5.18. The molecule has 2 heteroatoms. The van der Waals surface area contributed by atoms with Gasteiger partial charge in [0.25, 0.3) is 0 Å². The van der Waals surface area contributed by atoms with Crippen LogP contribution in [-0.4, -0.2) is 12.5 Å². The minimum absolute atomic E-state index is 0.188. The molecular weight excluding hydrogens is 150 g/mol. The van der Waals surface area contributed by atoms with Crippen LogP contribution in [0.3, 0.4) is 0 Å². The summed E-state index contributed by atoms with van der Waals surface area (Å²) in [7, 11) is 0. The molecule has 0 spiro atoms. The van der Waals surface area contributed by atoms with Crippen LogP contribution in [0.25, 0.3) is 0 Å². The minimum atomic E-state index is 0.188. The molecule has 0 heterocycles. The fourth-order valence-corrected chi connectivity index (χ4v) is 1.84. The Labute approximate surface area is 74.7 Å². The molecule has 0 aliphatic heterocycles. The first-order valence-corrected chi connectivity index (χ1v) is 5.09. The lowest BCUT2D eigenvalue weighted by Gasteiger charge is -2.08. The Morgan fingerprint density at radius 1 is 1.42 bits per heavy atom. The molecule has 1 aliphatic rings. The zero-order valence-corrected chi connectivity index (χ0v) is 7.94. The van der Waals surface area contributed by atoms with Gasteiger partial charge in [0.15, 0.2) is 0 Å². The smallest absolute Gasteiger partial charge is 0.219 e. The fraction of sp³-hybridized carbons (Fsp3) is 0.900. The van der Waals surface area contributed by atoms with Crippen molar-refractivity contribution in [1.82, 2.24) is 5.32 Å². The molecule has 0 unspecified atom stereocenters. The molecule has 1 fully saturated rings. The highest BCUT2D eigenvalue weighted by Crippen LogP contribution is 2.26. The highest BCUT2D eigenvalue weighted by molar-refractivity contribution is 5.75. The summed E-state index contributed by atoms with van der Waals surface area (Å²) in [6.07, 6.45) is 7.35. The van der Waals surface area contributed by atoms with Gasteiger partial charge in [-0.25, -0.2) is 0 Å². The first-order valence-electron chi connectivity index (χ1n) is 5.09. The Kier molecular flexibility index (Phi) is 4.12. The Morgan fingerprint density at radius 3 is 2.67 bits per heavy atom.